The summed E-state index contributed by atoms with van der Waals surface area (Å²) in [4.78, 5) is 38.3. The molecule has 0 aliphatic carbocycles. The Kier molecular flexibility index (Phi) is 6.17. The molecule has 2 heterocycles. The van der Waals surface area contributed by atoms with Crippen LogP contribution in [0.2, 0.25) is 0 Å². The number of para-hydroxylation sites is 1. The maximum absolute atomic E-state index is 12.6. The van der Waals surface area contributed by atoms with Gasteiger partial charge in [0.05, 0.1) is 22.1 Å². The van der Waals surface area contributed by atoms with E-state index in [0.717, 1.165) is 11.4 Å². The number of ketones is 1. The van der Waals surface area contributed by atoms with E-state index in [9.17, 15) is 19.7 Å². The van der Waals surface area contributed by atoms with Crippen molar-refractivity contribution in [2.45, 2.75) is 25.1 Å². The van der Waals surface area contributed by atoms with Crippen molar-refractivity contribution in [2.24, 2.45) is 5.10 Å². The Balaban J connectivity index is 1.88. The van der Waals surface area contributed by atoms with E-state index in [-0.39, 0.29) is 23.1 Å². The smallest absolute Gasteiger partial charge is 0.365 e. The first-order chi connectivity index (χ1) is 15.8. The number of hydrogen-bond acceptors (Lipinski definition) is 10. The summed E-state index contributed by atoms with van der Waals surface area (Å²) >= 11 is 2.45. The van der Waals surface area contributed by atoms with E-state index in [1.54, 1.807) is 24.1 Å². The fourth-order valence-electron chi connectivity index (χ4n) is 3.59. The predicted molar refractivity (Wildman–Crippen MR) is 130 cm³/mol. The lowest BCUT2D eigenvalue weighted by atomic mass is 10.2. The molecule has 0 saturated carbocycles. The predicted octanol–water partition coefficient (Wildman–Crippen LogP) is 4.71. The van der Waals surface area contributed by atoms with Gasteiger partial charge in [-0.25, -0.2) is 9.80 Å². The topological polar surface area (TPSA) is 105 Å². The highest BCUT2D eigenvalue weighted by Crippen LogP contribution is 2.60. The maximum atomic E-state index is 12.6. The number of allylic oxidation sites excluding steroid dienone is 2. The number of non-ortho nitro benzene ring substituents is 1. The second kappa shape index (κ2) is 8.91. The zero-order valence-corrected chi connectivity index (χ0v) is 19.7. The molecule has 2 aliphatic heterocycles. The van der Waals surface area contributed by atoms with Crippen LogP contribution in [-0.4, -0.2) is 32.7 Å². The molecule has 0 fully saturated rings. The van der Waals surface area contributed by atoms with Crippen molar-refractivity contribution >= 4 is 57.4 Å². The van der Waals surface area contributed by atoms with E-state index in [0.29, 0.717) is 10.6 Å². The van der Waals surface area contributed by atoms with Crippen LogP contribution in [0.5, 0.6) is 0 Å². The normalized spacial score (nSPS) is 19.8. The number of hydrogen-bond donors (Lipinski definition) is 0. The third-order valence-corrected chi connectivity index (χ3v) is 7.93. The third kappa shape index (κ3) is 3.98. The lowest BCUT2D eigenvalue weighted by molar-refractivity contribution is -0.384. The number of nitrogens with zero attached hydrogens (tertiary/aromatic N) is 4. The minimum Gasteiger partial charge on any atom is -0.461 e. The first-order valence-corrected chi connectivity index (χ1v) is 11.7. The summed E-state index contributed by atoms with van der Waals surface area (Å²) in [6.45, 7) is 5.25. The average molecular weight is 485 g/mol. The Bertz CT molecular complexity index is 1180. The van der Waals surface area contributed by atoms with Crippen LogP contribution in [0.1, 0.15) is 20.8 Å². The van der Waals surface area contributed by atoms with Crippen molar-refractivity contribution in [3.8, 4) is 0 Å². The molecule has 0 bridgehead atoms. The van der Waals surface area contributed by atoms with Gasteiger partial charge in [-0.1, -0.05) is 30.0 Å². The first-order valence-electron chi connectivity index (χ1n) is 10.0. The van der Waals surface area contributed by atoms with Crippen molar-refractivity contribution in [1.29, 1.82) is 0 Å². The Labute approximate surface area is 198 Å². The lowest BCUT2D eigenvalue weighted by Crippen LogP contribution is -2.49. The molecule has 2 aromatic rings. The van der Waals surface area contributed by atoms with Crippen LogP contribution < -0.4 is 9.91 Å². The van der Waals surface area contributed by atoms with Gasteiger partial charge in [-0.2, -0.15) is 5.10 Å². The lowest BCUT2D eigenvalue weighted by Gasteiger charge is -2.41. The highest BCUT2D eigenvalue weighted by Gasteiger charge is 2.57. The van der Waals surface area contributed by atoms with Gasteiger partial charge >= 0.3 is 5.97 Å². The van der Waals surface area contributed by atoms with E-state index >= 15 is 0 Å². The number of ether oxygens (including phenoxy) is 1. The highest BCUT2D eigenvalue weighted by atomic mass is 32.2. The summed E-state index contributed by atoms with van der Waals surface area (Å²) in [7, 11) is 0. The molecule has 33 heavy (non-hydrogen) atoms. The highest BCUT2D eigenvalue weighted by molar-refractivity contribution is 8.29. The summed E-state index contributed by atoms with van der Waals surface area (Å²) in [5.74, 6) is -0.682. The Hall–Kier alpha value is -3.31. The number of Topliss-reactive ketones (excluding diaryl/α,β-unsaturated/α-hetero) is 1. The molecule has 0 saturated heterocycles. The molecule has 0 radical (unpaired) electrons. The van der Waals surface area contributed by atoms with E-state index < -0.39 is 15.2 Å². The fourth-order valence-corrected chi connectivity index (χ4v) is 6.54. The third-order valence-electron chi connectivity index (χ3n) is 4.96. The summed E-state index contributed by atoms with van der Waals surface area (Å²) in [5.41, 5.74) is 1.99. The molecular formula is C22H20N4O5S2. The molecular weight excluding hydrogens is 464 g/mol. The second-order valence-electron chi connectivity index (χ2n) is 7.11. The van der Waals surface area contributed by atoms with Gasteiger partial charge in [-0.3, -0.25) is 14.9 Å². The summed E-state index contributed by atoms with van der Waals surface area (Å²) in [5, 5.41) is 17.4. The van der Waals surface area contributed by atoms with Gasteiger partial charge in [0.15, 0.2) is 5.78 Å². The standard InChI is InChI=1S/C22H20N4O5S2/c1-4-31-21(28)20-23-25(17-10-12-18(13-11-17)26(29)30)22(33-20)24(16-8-6-5-7-9-16)14(2)19(32-22)15(3)27/h5-13H,4H2,1-3H3. The number of nitro groups is 1. The SMILES string of the molecule is CCOC(=O)C1=NN(c2ccc([N+](=O)[O-])cc2)C2(S1)SC(C(C)=O)=C(C)N2c1ccccc1. The largest absolute Gasteiger partial charge is 0.461 e. The van der Waals surface area contributed by atoms with Gasteiger partial charge in [0.1, 0.15) is 0 Å². The van der Waals surface area contributed by atoms with Crippen LogP contribution in [-0.2, 0) is 14.3 Å². The number of anilines is 2. The van der Waals surface area contributed by atoms with Crippen molar-refractivity contribution in [3.05, 3.63) is 75.3 Å². The number of thioether (sulfide) groups is 2. The van der Waals surface area contributed by atoms with Crippen molar-refractivity contribution in [3.63, 3.8) is 0 Å². The summed E-state index contributed by atoms with van der Waals surface area (Å²) in [6, 6.07) is 15.4. The number of esters is 1. The number of carbonyl (C=O) groups excluding carboxylic acids is 2. The van der Waals surface area contributed by atoms with Crippen LogP contribution in [0.25, 0.3) is 0 Å². The Morgan fingerprint density at radius 3 is 2.33 bits per heavy atom. The van der Waals surface area contributed by atoms with Crippen LogP contribution in [0.3, 0.4) is 0 Å². The molecule has 1 atom stereocenters. The number of nitro benzene ring substituents is 1. The molecule has 2 aromatic carbocycles. The quantitative estimate of drug-likeness (QED) is 0.327. The van der Waals surface area contributed by atoms with Gasteiger partial charge < -0.3 is 9.64 Å². The van der Waals surface area contributed by atoms with Gasteiger partial charge in [0.25, 0.3) is 5.69 Å². The summed E-state index contributed by atoms with van der Waals surface area (Å²) in [6.07, 6.45) is 0. The minimum absolute atomic E-state index is 0.0630. The maximum Gasteiger partial charge on any atom is 0.365 e. The number of rotatable bonds is 6. The van der Waals surface area contributed by atoms with Gasteiger partial charge in [0, 0.05) is 23.5 Å². The van der Waals surface area contributed by atoms with Crippen molar-refractivity contribution in [1.82, 2.24) is 0 Å². The minimum atomic E-state index is -1.08. The molecule has 0 aromatic heterocycles. The van der Waals surface area contributed by atoms with E-state index in [1.165, 1.54) is 42.6 Å². The van der Waals surface area contributed by atoms with Crippen LogP contribution in [0, 0.1) is 10.1 Å². The van der Waals surface area contributed by atoms with E-state index in [2.05, 4.69) is 5.10 Å². The molecule has 11 heteroatoms. The van der Waals surface area contributed by atoms with Crippen molar-refractivity contribution in [2.75, 3.05) is 16.5 Å². The second-order valence-corrected chi connectivity index (χ2v) is 9.71. The fraction of sp³-hybridized carbons (Fsp3) is 0.227. The molecule has 0 N–H and O–H groups in total. The first kappa shape index (κ1) is 22.9. The molecule has 9 nitrogen and oxygen atoms in total. The van der Waals surface area contributed by atoms with E-state index in [1.807, 2.05) is 42.2 Å². The molecule has 4 rings (SSSR count). The molecule has 2 aliphatic rings. The molecule has 170 valence electrons. The zero-order valence-electron chi connectivity index (χ0n) is 18.0. The molecule has 1 unspecified atom stereocenters. The number of hydrazone groups is 1. The average Bonchev–Trinajstić information content (AvgIpc) is 3.32. The molecule has 1 spiro atoms. The van der Waals surface area contributed by atoms with E-state index in [4.69, 9.17) is 4.74 Å². The monoisotopic (exact) mass is 484 g/mol. The summed E-state index contributed by atoms with van der Waals surface area (Å²) < 4.78 is 4.11. The van der Waals surface area contributed by atoms with Crippen LogP contribution in [0.4, 0.5) is 17.1 Å². The van der Waals surface area contributed by atoms with Gasteiger partial charge in [-0.05, 0) is 56.8 Å². The number of benzene rings is 2. The molecule has 0 amide bonds. The Morgan fingerprint density at radius 1 is 1.09 bits per heavy atom. The van der Waals surface area contributed by atoms with Crippen molar-refractivity contribution < 1.29 is 19.2 Å². The number of carbonyl (C=O) groups is 2. The van der Waals surface area contributed by atoms with Gasteiger partial charge in [-0.15, -0.1) is 0 Å². The zero-order chi connectivity index (χ0) is 23.8. The Morgan fingerprint density at radius 2 is 1.76 bits per heavy atom. The van der Waals surface area contributed by atoms with Crippen LogP contribution >= 0.6 is 23.5 Å². The van der Waals surface area contributed by atoms with Crippen LogP contribution in [0.15, 0.2) is 70.3 Å². The van der Waals surface area contributed by atoms with Gasteiger partial charge in [0.2, 0.25) is 9.37 Å².